The Labute approximate surface area is 129 Å². The predicted octanol–water partition coefficient (Wildman–Crippen LogP) is 4.04. The zero-order valence-corrected chi connectivity index (χ0v) is 12.4. The van der Waals surface area contributed by atoms with Gasteiger partial charge in [0.2, 0.25) is 0 Å². The van der Waals surface area contributed by atoms with Gasteiger partial charge >= 0.3 is 6.36 Å². The number of rotatable bonds is 6. The van der Waals surface area contributed by atoms with E-state index in [9.17, 15) is 18.0 Å². The van der Waals surface area contributed by atoms with Crippen molar-refractivity contribution in [2.24, 2.45) is 0 Å². The molecule has 0 saturated heterocycles. The van der Waals surface area contributed by atoms with Crippen LogP contribution in [0.4, 0.5) is 13.2 Å². The van der Waals surface area contributed by atoms with Crippen LogP contribution in [-0.4, -0.2) is 30.4 Å². The van der Waals surface area contributed by atoms with Gasteiger partial charge in [-0.05, 0) is 25.1 Å². The van der Waals surface area contributed by atoms with Crippen LogP contribution < -0.4 is 4.74 Å². The largest absolute Gasteiger partial charge is 0.573 e. The third-order valence-electron chi connectivity index (χ3n) is 3.02. The Morgan fingerprint density at radius 2 is 2.09 bits per heavy atom. The quantitative estimate of drug-likeness (QED) is 0.591. The first-order chi connectivity index (χ1) is 10.4. The third-order valence-corrected chi connectivity index (χ3v) is 3.43. The first kappa shape index (κ1) is 16.6. The standard InChI is InChI=1S/C14H13ClF3NO3/c1-2-21-6-5-19-12-4-3-9(22-14(16,17)18)7-10(12)11(8-20)13(19)15/h3-4,7-8H,2,5-6H2,1H3. The molecule has 0 amide bonds. The lowest BCUT2D eigenvalue weighted by Gasteiger charge is -2.10. The maximum Gasteiger partial charge on any atom is 0.573 e. The Balaban J connectivity index is 2.46. The monoisotopic (exact) mass is 335 g/mol. The number of carbonyl (C=O) groups is 1. The van der Waals surface area contributed by atoms with Crippen LogP contribution >= 0.6 is 11.6 Å². The number of nitrogens with zero attached hydrogens (tertiary/aromatic N) is 1. The number of aromatic nitrogens is 1. The SMILES string of the molecule is CCOCCn1c(Cl)c(C=O)c2cc(OC(F)(F)F)ccc21. The van der Waals surface area contributed by atoms with Crippen molar-refractivity contribution in [1.29, 1.82) is 0 Å². The summed E-state index contributed by atoms with van der Waals surface area (Å²) in [5.74, 6) is -0.401. The number of carbonyl (C=O) groups excluding carboxylic acids is 1. The summed E-state index contributed by atoms with van der Waals surface area (Å²) in [6.45, 7) is 3.13. The number of fused-ring (bicyclic) bond motifs is 1. The second kappa shape index (κ2) is 6.58. The summed E-state index contributed by atoms with van der Waals surface area (Å²) in [7, 11) is 0. The average molecular weight is 336 g/mol. The van der Waals surface area contributed by atoms with Gasteiger partial charge < -0.3 is 14.0 Å². The van der Waals surface area contributed by atoms with Crippen LogP contribution in [0.3, 0.4) is 0 Å². The van der Waals surface area contributed by atoms with Crippen molar-refractivity contribution in [1.82, 2.24) is 4.57 Å². The number of hydrogen-bond acceptors (Lipinski definition) is 3. The van der Waals surface area contributed by atoms with Gasteiger partial charge in [0.25, 0.3) is 0 Å². The topological polar surface area (TPSA) is 40.5 Å². The lowest BCUT2D eigenvalue weighted by molar-refractivity contribution is -0.274. The zero-order chi connectivity index (χ0) is 16.3. The van der Waals surface area contributed by atoms with E-state index in [1.54, 1.807) is 4.57 Å². The van der Waals surface area contributed by atoms with E-state index in [1.165, 1.54) is 12.1 Å². The van der Waals surface area contributed by atoms with Crippen LogP contribution in [0.5, 0.6) is 5.75 Å². The first-order valence-corrected chi connectivity index (χ1v) is 6.85. The number of halogens is 4. The molecular weight excluding hydrogens is 323 g/mol. The summed E-state index contributed by atoms with van der Waals surface area (Å²) in [5.41, 5.74) is 0.669. The van der Waals surface area contributed by atoms with Crippen LogP contribution in [0.1, 0.15) is 17.3 Å². The highest BCUT2D eigenvalue weighted by Gasteiger charge is 2.31. The Morgan fingerprint density at radius 1 is 1.36 bits per heavy atom. The summed E-state index contributed by atoms with van der Waals surface area (Å²) in [6, 6.07) is 3.76. The highest BCUT2D eigenvalue weighted by Crippen LogP contribution is 2.33. The van der Waals surface area contributed by atoms with Crippen molar-refractivity contribution in [2.45, 2.75) is 19.8 Å². The molecule has 0 unspecified atom stereocenters. The van der Waals surface area contributed by atoms with E-state index >= 15 is 0 Å². The maximum atomic E-state index is 12.3. The second-order valence-corrected chi connectivity index (χ2v) is 4.76. The summed E-state index contributed by atoms with van der Waals surface area (Å²) in [4.78, 5) is 11.2. The number of hydrogen-bond donors (Lipinski definition) is 0. The zero-order valence-electron chi connectivity index (χ0n) is 11.6. The number of ether oxygens (including phenoxy) is 2. The fraction of sp³-hybridized carbons (Fsp3) is 0.357. The summed E-state index contributed by atoms with van der Waals surface area (Å²) >= 11 is 6.13. The van der Waals surface area contributed by atoms with Gasteiger partial charge in [-0.2, -0.15) is 0 Å². The molecule has 1 aromatic carbocycles. The number of benzene rings is 1. The van der Waals surface area contributed by atoms with Crippen LogP contribution in [0.2, 0.25) is 5.15 Å². The van der Waals surface area contributed by atoms with Crippen LogP contribution in [0.25, 0.3) is 10.9 Å². The third kappa shape index (κ3) is 3.53. The Hall–Kier alpha value is -1.73. The molecule has 0 atom stereocenters. The van der Waals surface area contributed by atoms with Crippen molar-refractivity contribution in [3.05, 3.63) is 28.9 Å². The van der Waals surface area contributed by atoms with Gasteiger partial charge in [-0.15, -0.1) is 13.2 Å². The normalized spacial score (nSPS) is 11.9. The number of aldehydes is 1. The Kier molecular flexibility index (Phi) is 4.97. The molecule has 2 aromatic rings. The average Bonchev–Trinajstić information content (AvgIpc) is 2.69. The maximum absolute atomic E-state index is 12.3. The molecule has 120 valence electrons. The molecule has 0 fully saturated rings. The Morgan fingerprint density at radius 3 is 2.68 bits per heavy atom. The van der Waals surface area contributed by atoms with Crippen molar-refractivity contribution < 1.29 is 27.4 Å². The lowest BCUT2D eigenvalue weighted by Crippen LogP contribution is -2.17. The second-order valence-electron chi connectivity index (χ2n) is 4.40. The molecule has 0 aliphatic rings. The minimum absolute atomic E-state index is 0.126. The molecule has 0 bridgehead atoms. The van der Waals surface area contributed by atoms with Crippen molar-refractivity contribution >= 4 is 28.8 Å². The van der Waals surface area contributed by atoms with E-state index in [0.29, 0.717) is 36.9 Å². The summed E-state index contributed by atoms with van der Waals surface area (Å²) in [6.07, 6.45) is -4.28. The van der Waals surface area contributed by atoms with E-state index < -0.39 is 12.1 Å². The fourth-order valence-corrected chi connectivity index (χ4v) is 2.48. The van der Waals surface area contributed by atoms with Crippen LogP contribution in [0, 0.1) is 0 Å². The van der Waals surface area contributed by atoms with E-state index in [-0.39, 0.29) is 10.7 Å². The Bertz CT molecular complexity index is 682. The molecule has 22 heavy (non-hydrogen) atoms. The van der Waals surface area contributed by atoms with Gasteiger partial charge in [-0.3, -0.25) is 4.79 Å². The predicted molar refractivity (Wildman–Crippen MR) is 75.5 cm³/mol. The minimum atomic E-state index is -4.80. The summed E-state index contributed by atoms with van der Waals surface area (Å²) < 4.78 is 47.5. The van der Waals surface area contributed by atoms with Crippen molar-refractivity contribution in [3.63, 3.8) is 0 Å². The van der Waals surface area contributed by atoms with Gasteiger partial charge in [0, 0.05) is 18.5 Å². The van der Waals surface area contributed by atoms with Crippen molar-refractivity contribution in [3.8, 4) is 5.75 Å². The van der Waals surface area contributed by atoms with Gasteiger partial charge in [-0.1, -0.05) is 11.6 Å². The van der Waals surface area contributed by atoms with Gasteiger partial charge in [0.15, 0.2) is 6.29 Å². The highest BCUT2D eigenvalue weighted by atomic mass is 35.5. The van der Waals surface area contributed by atoms with Crippen LogP contribution in [0.15, 0.2) is 18.2 Å². The molecule has 0 aliphatic carbocycles. The molecule has 0 N–H and O–H groups in total. The molecule has 1 aromatic heterocycles. The van der Waals surface area contributed by atoms with Gasteiger partial charge in [0.1, 0.15) is 10.9 Å². The minimum Gasteiger partial charge on any atom is -0.406 e. The fourth-order valence-electron chi connectivity index (χ4n) is 2.16. The van der Waals surface area contributed by atoms with E-state index in [4.69, 9.17) is 16.3 Å². The molecule has 0 saturated carbocycles. The van der Waals surface area contributed by atoms with E-state index in [0.717, 1.165) is 6.07 Å². The van der Waals surface area contributed by atoms with E-state index in [1.807, 2.05) is 6.92 Å². The smallest absolute Gasteiger partial charge is 0.406 e. The van der Waals surface area contributed by atoms with Crippen LogP contribution in [-0.2, 0) is 11.3 Å². The summed E-state index contributed by atoms with van der Waals surface area (Å²) in [5, 5.41) is 0.465. The molecular formula is C14H13ClF3NO3. The molecule has 4 nitrogen and oxygen atoms in total. The highest BCUT2D eigenvalue weighted by molar-refractivity contribution is 6.34. The molecule has 0 spiro atoms. The molecule has 0 aliphatic heterocycles. The van der Waals surface area contributed by atoms with Crippen molar-refractivity contribution in [2.75, 3.05) is 13.2 Å². The van der Waals surface area contributed by atoms with Gasteiger partial charge in [-0.25, -0.2) is 0 Å². The molecule has 0 radical (unpaired) electrons. The van der Waals surface area contributed by atoms with Gasteiger partial charge in [0.05, 0.1) is 17.7 Å². The molecule has 8 heteroatoms. The molecule has 1 heterocycles. The first-order valence-electron chi connectivity index (χ1n) is 6.47. The molecule has 2 rings (SSSR count). The lowest BCUT2D eigenvalue weighted by atomic mass is 10.2. The number of alkyl halides is 3. The van der Waals surface area contributed by atoms with E-state index in [2.05, 4.69) is 4.74 Å².